The van der Waals surface area contributed by atoms with Crippen LogP contribution in [0.25, 0.3) is 0 Å². The molecule has 0 aliphatic heterocycles. The molecule has 0 aliphatic rings. The van der Waals surface area contributed by atoms with Gasteiger partial charge in [-0.1, -0.05) is 0 Å². The summed E-state index contributed by atoms with van der Waals surface area (Å²) < 4.78 is 5.63. The van der Waals surface area contributed by atoms with E-state index in [4.69, 9.17) is 4.42 Å². The van der Waals surface area contributed by atoms with Gasteiger partial charge in [-0.25, -0.2) is 0 Å². The van der Waals surface area contributed by atoms with Crippen LogP contribution in [0.4, 0.5) is 5.69 Å². The first-order valence-electron chi connectivity index (χ1n) is 2.62. The third-order valence-corrected chi connectivity index (χ3v) is 2.97. The number of aryl methyl sites for hydroxylation is 1. The van der Waals surface area contributed by atoms with Crippen LogP contribution in [0.5, 0.6) is 0 Å². The van der Waals surface area contributed by atoms with Crippen molar-refractivity contribution in [1.29, 1.82) is 0 Å². The molecular weight excluding hydrogens is 282 g/mol. The first kappa shape index (κ1) is 8.73. The van der Waals surface area contributed by atoms with Crippen molar-refractivity contribution >= 4 is 37.5 Å². The number of furan rings is 1. The van der Waals surface area contributed by atoms with Gasteiger partial charge in [-0.05, 0) is 31.9 Å². The van der Waals surface area contributed by atoms with Crippen LogP contribution in [0.3, 0.4) is 0 Å². The van der Waals surface area contributed by atoms with Gasteiger partial charge in [-0.15, -0.1) is 0 Å². The fraction of sp³-hybridized carbons (Fsp3) is 0.200. The lowest BCUT2D eigenvalue weighted by Crippen LogP contribution is -1.87. The molecule has 0 saturated heterocycles. The summed E-state index contributed by atoms with van der Waals surface area (Å²) in [5.74, 6) is 0.286. The van der Waals surface area contributed by atoms with Gasteiger partial charge in [0, 0.05) is 6.92 Å². The Morgan fingerprint density at radius 1 is 1.55 bits per heavy atom. The topological polar surface area (TPSA) is 56.3 Å². The summed E-state index contributed by atoms with van der Waals surface area (Å²) in [5, 5.41) is 10.4. The van der Waals surface area contributed by atoms with Crippen LogP contribution in [-0.4, -0.2) is 4.92 Å². The minimum absolute atomic E-state index is 0.0307. The average Bonchev–Trinajstić information content (AvgIpc) is 2.07. The van der Waals surface area contributed by atoms with E-state index >= 15 is 0 Å². The van der Waals surface area contributed by atoms with Crippen molar-refractivity contribution in [1.82, 2.24) is 0 Å². The molecule has 0 N–H and O–H groups in total. The van der Waals surface area contributed by atoms with Gasteiger partial charge in [-0.3, -0.25) is 10.1 Å². The molecule has 4 nitrogen and oxygen atoms in total. The van der Waals surface area contributed by atoms with Crippen molar-refractivity contribution < 1.29 is 9.34 Å². The predicted molar refractivity (Wildman–Crippen MR) is 45.5 cm³/mol. The molecule has 6 heteroatoms. The molecule has 1 heterocycles. The lowest BCUT2D eigenvalue weighted by Gasteiger charge is -1.85. The maximum Gasteiger partial charge on any atom is 0.325 e. The molecule has 0 atom stereocenters. The average molecular weight is 285 g/mol. The molecule has 0 spiro atoms. The number of nitro groups is 1. The normalized spacial score (nSPS) is 10.1. The van der Waals surface area contributed by atoms with Crippen LogP contribution >= 0.6 is 31.9 Å². The van der Waals surface area contributed by atoms with Gasteiger partial charge in [0.1, 0.15) is 4.47 Å². The number of halogens is 2. The van der Waals surface area contributed by atoms with Gasteiger partial charge in [-0.2, -0.15) is 0 Å². The van der Waals surface area contributed by atoms with Gasteiger partial charge in [0.25, 0.3) is 0 Å². The zero-order valence-corrected chi connectivity index (χ0v) is 8.60. The zero-order chi connectivity index (χ0) is 8.59. The number of hydrogen-bond donors (Lipinski definition) is 0. The van der Waals surface area contributed by atoms with Crippen LogP contribution in [0.1, 0.15) is 5.76 Å². The monoisotopic (exact) mass is 283 g/mol. The van der Waals surface area contributed by atoms with E-state index in [1.807, 2.05) is 0 Å². The summed E-state index contributed by atoms with van der Waals surface area (Å²) >= 11 is 6.04. The molecule has 0 fully saturated rings. The Morgan fingerprint density at radius 3 is 2.27 bits per heavy atom. The van der Waals surface area contributed by atoms with Crippen LogP contribution in [-0.2, 0) is 0 Å². The lowest BCUT2D eigenvalue weighted by atomic mass is 10.4. The van der Waals surface area contributed by atoms with Crippen LogP contribution in [0, 0.1) is 17.0 Å². The molecule has 11 heavy (non-hydrogen) atoms. The van der Waals surface area contributed by atoms with Gasteiger partial charge in [0.05, 0.1) is 4.92 Å². The Hall–Kier alpha value is -0.360. The predicted octanol–water partition coefficient (Wildman–Crippen LogP) is 3.02. The van der Waals surface area contributed by atoms with Crippen LogP contribution in [0.15, 0.2) is 13.6 Å². The minimum atomic E-state index is -0.492. The fourth-order valence-corrected chi connectivity index (χ4v) is 1.62. The van der Waals surface area contributed by atoms with E-state index in [0.29, 0.717) is 9.14 Å². The van der Waals surface area contributed by atoms with Gasteiger partial charge in [0.2, 0.25) is 0 Å². The quantitative estimate of drug-likeness (QED) is 0.588. The summed E-state index contributed by atoms with van der Waals surface area (Å²) in [6.45, 7) is 1.54. The molecule has 1 rings (SSSR count). The van der Waals surface area contributed by atoms with Crippen molar-refractivity contribution in [3.8, 4) is 0 Å². The molecule has 0 aliphatic carbocycles. The first-order chi connectivity index (χ1) is 5.04. The SMILES string of the molecule is Cc1oc(Br)c(Br)c1[N+](=O)[O-]. The van der Waals surface area contributed by atoms with E-state index in [2.05, 4.69) is 31.9 Å². The van der Waals surface area contributed by atoms with Crippen molar-refractivity contribution in [2.75, 3.05) is 0 Å². The molecule has 0 amide bonds. The molecule has 60 valence electrons. The molecule has 1 aromatic heterocycles. The molecule has 0 aromatic carbocycles. The highest BCUT2D eigenvalue weighted by atomic mass is 79.9. The van der Waals surface area contributed by atoms with Crippen LogP contribution < -0.4 is 0 Å². The third kappa shape index (κ3) is 1.46. The molecule has 0 radical (unpaired) electrons. The van der Waals surface area contributed by atoms with E-state index in [9.17, 15) is 10.1 Å². The third-order valence-electron chi connectivity index (χ3n) is 1.14. The fourth-order valence-electron chi connectivity index (χ4n) is 0.684. The van der Waals surface area contributed by atoms with Crippen molar-refractivity contribution in [2.24, 2.45) is 0 Å². The second kappa shape index (κ2) is 2.94. The second-order valence-electron chi connectivity index (χ2n) is 1.85. The maximum absolute atomic E-state index is 10.4. The van der Waals surface area contributed by atoms with Gasteiger partial charge >= 0.3 is 5.69 Å². The Kier molecular flexibility index (Phi) is 2.34. The van der Waals surface area contributed by atoms with Crippen molar-refractivity contribution in [3.63, 3.8) is 0 Å². The summed E-state index contributed by atoms with van der Waals surface area (Å²) in [5.41, 5.74) is -0.0307. The largest absolute Gasteiger partial charge is 0.446 e. The Balaban J connectivity index is 3.34. The van der Waals surface area contributed by atoms with Crippen molar-refractivity contribution in [3.05, 3.63) is 25.0 Å². The van der Waals surface area contributed by atoms with E-state index in [-0.39, 0.29) is 11.4 Å². The molecule has 0 bridgehead atoms. The summed E-state index contributed by atoms with van der Waals surface area (Å²) in [7, 11) is 0. The Bertz CT molecular complexity index is 307. The maximum atomic E-state index is 10.4. The van der Waals surface area contributed by atoms with Crippen LogP contribution in [0.2, 0.25) is 0 Å². The summed E-state index contributed by atoms with van der Waals surface area (Å²) in [6.07, 6.45) is 0. The highest BCUT2D eigenvalue weighted by Gasteiger charge is 2.23. The lowest BCUT2D eigenvalue weighted by molar-refractivity contribution is -0.386. The number of rotatable bonds is 1. The Morgan fingerprint density at radius 2 is 2.09 bits per heavy atom. The standard InChI is InChI=1S/C5H3Br2NO3/c1-2-4(8(9)10)3(6)5(7)11-2/h1H3. The van der Waals surface area contributed by atoms with Gasteiger partial charge in [0.15, 0.2) is 10.4 Å². The first-order valence-corrected chi connectivity index (χ1v) is 4.21. The second-order valence-corrected chi connectivity index (χ2v) is 3.36. The minimum Gasteiger partial charge on any atom is -0.446 e. The Labute approximate surface area is 79.0 Å². The smallest absolute Gasteiger partial charge is 0.325 e. The van der Waals surface area contributed by atoms with E-state index in [1.165, 1.54) is 6.92 Å². The molecule has 0 saturated carbocycles. The zero-order valence-electron chi connectivity index (χ0n) is 5.43. The highest BCUT2D eigenvalue weighted by molar-refractivity contribution is 9.13. The number of nitrogens with zero attached hydrogens (tertiary/aromatic N) is 1. The van der Waals surface area contributed by atoms with E-state index in [0.717, 1.165) is 0 Å². The molecule has 1 aromatic rings. The molecule has 0 unspecified atom stereocenters. The van der Waals surface area contributed by atoms with Gasteiger partial charge < -0.3 is 4.42 Å². The molecular formula is C5H3Br2NO3. The summed E-state index contributed by atoms with van der Waals surface area (Å²) in [4.78, 5) is 9.86. The van der Waals surface area contributed by atoms with E-state index in [1.54, 1.807) is 0 Å². The summed E-state index contributed by atoms with van der Waals surface area (Å²) in [6, 6.07) is 0. The van der Waals surface area contributed by atoms with E-state index < -0.39 is 4.92 Å². The highest BCUT2D eigenvalue weighted by Crippen LogP contribution is 2.37. The van der Waals surface area contributed by atoms with Crippen molar-refractivity contribution in [2.45, 2.75) is 6.92 Å². The number of hydrogen-bond acceptors (Lipinski definition) is 3.